The van der Waals surface area contributed by atoms with Gasteiger partial charge in [0.2, 0.25) is 0 Å². The molecule has 0 radical (unpaired) electrons. The van der Waals surface area contributed by atoms with Crippen molar-refractivity contribution in [3.05, 3.63) is 546 Å². The second-order valence-electron chi connectivity index (χ2n) is 32.6. The van der Waals surface area contributed by atoms with Crippen molar-refractivity contribution in [3.8, 4) is 117 Å². The highest BCUT2D eigenvalue weighted by Gasteiger charge is 2.44. The predicted octanol–water partition coefficient (Wildman–Crippen LogP) is 29.6. The van der Waals surface area contributed by atoms with E-state index in [-0.39, 0.29) is 6.61 Å². The largest absolute Gasteiger partial charge is 0.496 e. The van der Waals surface area contributed by atoms with Crippen molar-refractivity contribution in [1.29, 1.82) is 0 Å². The fourth-order valence-corrected chi connectivity index (χ4v) is 18.2. The van der Waals surface area contributed by atoms with E-state index >= 15 is 0 Å². The number of aliphatic hydroxyl groups is 1. The molecule has 1 N–H and O–H groups in total. The highest BCUT2D eigenvalue weighted by molar-refractivity contribution is 5.92. The summed E-state index contributed by atoms with van der Waals surface area (Å²) >= 11 is 0. The van der Waals surface area contributed by atoms with E-state index in [1.54, 1.807) is 7.11 Å². The Kier molecular flexibility index (Phi) is 30.9. The van der Waals surface area contributed by atoms with Crippen LogP contribution >= 0.6 is 0 Å². The number of fused-ring (bicyclic) bond motifs is 8. The molecule has 16 aromatic carbocycles. The van der Waals surface area contributed by atoms with E-state index in [1.165, 1.54) is 44.5 Å². The molecule has 2 atom stereocenters. The molecular weight excluding hydrogens is 1640 g/mol. The van der Waals surface area contributed by atoms with Crippen LogP contribution in [0.15, 0.2) is 413 Å². The van der Waals surface area contributed by atoms with Crippen LogP contribution in [0.4, 0.5) is 0 Å². The molecule has 0 spiro atoms. The Morgan fingerprint density at radius 1 is 0.213 bits per heavy atom. The van der Waals surface area contributed by atoms with Gasteiger partial charge in [0.05, 0.1) is 13.7 Å². The van der Waals surface area contributed by atoms with Gasteiger partial charge in [-0.25, -0.2) is 0 Å². The Hall–Kier alpha value is -17.3. The molecule has 0 amide bonds. The topological polar surface area (TPSA) is 29.5 Å². The van der Waals surface area contributed by atoms with E-state index in [4.69, 9.17) is 4.74 Å². The second-order valence-corrected chi connectivity index (χ2v) is 32.6. The minimum absolute atomic E-state index is 0.0805. The zero-order chi connectivity index (χ0) is 94.4. The number of methoxy groups -OCH3 is 1. The molecule has 0 aliphatic heterocycles. The first-order chi connectivity index (χ1) is 67.0. The van der Waals surface area contributed by atoms with E-state index in [0.29, 0.717) is 0 Å². The molecule has 16 aromatic rings. The van der Waals surface area contributed by atoms with Gasteiger partial charge >= 0.3 is 0 Å². The van der Waals surface area contributed by atoms with Gasteiger partial charge in [0.25, 0.3) is 0 Å². The van der Waals surface area contributed by atoms with Crippen LogP contribution in [0.3, 0.4) is 0 Å². The number of benzene rings is 16. The van der Waals surface area contributed by atoms with Crippen LogP contribution < -0.4 is 0 Å². The number of aliphatic hydroxyl groups excluding tert-OH is 1. The standard InChI is InChI=1S/C60H42O2.C58H38.4C4H6/c1-62-58-41-48-21-9-13-25-55(48)60(57-27-15-11-23-53(57)58,39-37-44-18-6-3-7-19-44)51-34-30-46(31-35-51)45-28-32-50(33-29-45)59(38-36-43-16-4-2-5-17-43)54-24-12-8-20-47(54)40-49(42-61)52-22-10-14-26-56(52)59;1-3-15-43(16-4-1)39-41-57(53-23-11-7-19-47(53)27-28-48-20-8-12-24-54(48)57)51-35-31-45(32-36-51)46-33-37-52(38-34-46)58(42-40-44-17-5-2-6-18-44)55-25-13-9-21-49(55)29-30-50-22-10-14-26-56(50)58;4*1-3-4-2/h2-35,40-41,61H,42H2,1H3;1-38H;4*1-2H3. The van der Waals surface area contributed by atoms with Crippen molar-refractivity contribution in [2.45, 2.75) is 77.0 Å². The lowest BCUT2D eigenvalue weighted by molar-refractivity contribution is 0.350. The molecule has 136 heavy (non-hydrogen) atoms. The van der Waals surface area contributed by atoms with Gasteiger partial charge in [-0.05, 0) is 250 Å². The summed E-state index contributed by atoms with van der Waals surface area (Å²) in [6.07, 6.45) is 13.2. The molecule has 4 aliphatic carbocycles. The SMILES string of the molecule is C(#CC1(c2ccc(-c3ccc(C4(C#Cc5ccccc5)c5ccccc5C=Cc5ccccc54)cc3)cc2)c2ccccc2C=Cc2ccccc21)c1ccccc1.CC#CC.CC#CC.CC#CC.CC#CC.COC1=Cc2ccccc2C(C#Cc2ccccc2)(c2ccc(-c3ccc(C4(C#Cc5ccccc5)c5ccccc5C=C(CO)c5ccccc54)cc3)cc2)c2ccccc21. The molecule has 0 aromatic heterocycles. The van der Waals surface area contributed by atoms with Gasteiger partial charge < -0.3 is 9.84 Å². The van der Waals surface area contributed by atoms with Crippen molar-refractivity contribution < 1.29 is 9.84 Å². The lowest BCUT2D eigenvalue weighted by Crippen LogP contribution is -2.29. The van der Waals surface area contributed by atoms with Crippen molar-refractivity contribution in [3.63, 3.8) is 0 Å². The Bertz CT molecular complexity index is 7020. The number of hydrogen-bond donors (Lipinski definition) is 1. The lowest BCUT2D eigenvalue weighted by atomic mass is 9.67. The summed E-state index contributed by atoms with van der Waals surface area (Å²) in [5, 5.41) is 10.7. The number of rotatable bonds is 8. The first-order valence-electron chi connectivity index (χ1n) is 45.8. The summed E-state index contributed by atoms with van der Waals surface area (Å²) in [5.41, 5.74) is 28.3. The van der Waals surface area contributed by atoms with E-state index in [1.807, 2.05) is 110 Å². The summed E-state index contributed by atoms with van der Waals surface area (Å²) < 4.78 is 6.07. The van der Waals surface area contributed by atoms with Gasteiger partial charge in [0.1, 0.15) is 27.4 Å². The molecular formula is C134H104O2. The molecule has 20 rings (SSSR count). The first-order valence-corrected chi connectivity index (χ1v) is 45.8. The molecule has 652 valence electrons. The van der Waals surface area contributed by atoms with Crippen LogP contribution in [0.1, 0.15) is 189 Å². The molecule has 0 saturated heterocycles. The van der Waals surface area contributed by atoms with Crippen LogP contribution in [0, 0.1) is 94.7 Å². The molecule has 2 nitrogen and oxygen atoms in total. The van der Waals surface area contributed by atoms with Gasteiger partial charge in [0, 0.05) is 27.8 Å². The van der Waals surface area contributed by atoms with Gasteiger partial charge in [-0.2, -0.15) is 0 Å². The maximum Gasteiger partial charge on any atom is 0.127 e. The summed E-state index contributed by atoms with van der Waals surface area (Å²) in [6, 6.07) is 145. The Balaban J connectivity index is 0.000000179. The zero-order valence-corrected chi connectivity index (χ0v) is 78.3. The molecule has 2 unspecified atom stereocenters. The van der Waals surface area contributed by atoms with Gasteiger partial charge in [-0.3, -0.25) is 0 Å². The third kappa shape index (κ3) is 19.8. The van der Waals surface area contributed by atoms with Gasteiger partial charge in [0.15, 0.2) is 0 Å². The molecule has 0 bridgehead atoms. The average molecular weight is 1750 g/mol. The minimum Gasteiger partial charge on any atom is -0.496 e. The average Bonchev–Trinajstić information content (AvgIpc) is 1.44. The van der Waals surface area contributed by atoms with Crippen molar-refractivity contribution in [2.75, 3.05) is 13.7 Å². The zero-order valence-electron chi connectivity index (χ0n) is 78.3. The minimum atomic E-state index is -0.835. The maximum absolute atomic E-state index is 10.7. The van der Waals surface area contributed by atoms with Crippen molar-refractivity contribution in [2.24, 2.45) is 0 Å². The number of ether oxygens (including phenoxy) is 1. The first kappa shape index (κ1) is 93.4. The summed E-state index contributed by atoms with van der Waals surface area (Å²) in [6.45, 7) is 14.5. The van der Waals surface area contributed by atoms with Crippen LogP contribution in [0.5, 0.6) is 0 Å². The van der Waals surface area contributed by atoms with Crippen LogP contribution in [-0.2, 0) is 26.4 Å². The van der Waals surface area contributed by atoms with Gasteiger partial charge in [-0.15, -0.1) is 47.4 Å². The predicted molar refractivity (Wildman–Crippen MR) is 572 cm³/mol. The second kappa shape index (κ2) is 45.0. The molecule has 0 fully saturated rings. The number of hydrogen-bond acceptors (Lipinski definition) is 2. The van der Waals surface area contributed by atoms with E-state index in [0.717, 1.165) is 123 Å². The van der Waals surface area contributed by atoms with E-state index in [2.05, 4.69) is 489 Å². The fraction of sp³-hybridized carbons (Fsp3) is 0.104. The Labute approximate surface area is 805 Å². The highest BCUT2D eigenvalue weighted by atomic mass is 16.5. The van der Waals surface area contributed by atoms with Crippen LogP contribution in [-0.4, -0.2) is 18.8 Å². The van der Waals surface area contributed by atoms with Gasteiger partial charge in [-0.1, -0.05) is 436 Å². The summed E-state index contributed by atoms with van der Waals surface area (Å²) in [4.78, 5) is 0. The van der Waals surface area contributed by atoms with Crippen molar-refractivity contribution >= 4 is 47.8 Å². The normalized spacial score (nSPS) is 14.0. The summed E-state index contributed by atoms with van der Waals surface area (Å²) in [5.74, 6) is 52.0. The van der Waals surface area contributed by atoms with Crippen LogP contribution in [0.25, 0.3) is 70.0 Å². The third-order valence-corrected chi connectivity index (χ3v) is 25.0. The Morgan fingerprint density at radius 2 is 0.419 bits per heavy atom. The smallest absolute Gasteiger partial charge is 0.127 e. The highest BCUT2D eigenvalue weighted by Crippen LogP contribution is 2.52. The van der Waals surface area contributed by atoms with E-state index in [9.17, 15) is 5.11 Å². The van der Waals surface area contributed by atoms with Crippen LogP contribution in [0.2, 0.25) is 0 Å². The third-order valence-electron chi connectivity index (χ3n) is 25.0. The molecule has 0 heterocycles. The fourth-order valence-electron chi connectivity index (χ4n) is 18.2. The quantitative estimate of drug-likeness (QED) is 0.154. The maximum atomic E-state index is 10.7. The molecule has 0 saturated carbocycles. The molecule has 2 heteroatoms. The lowest BCUT2D eigenvalue weighted by Gasteiger charge is -2.33. The molecule has 4 aliphatic rings. The monoisotopic (exact) mass is 1740 g/mol. The van der Waals surface area contributed by atoms with Crippen molar-refractivity contribution in [1.82, 2.24) is 0 Å². The van der Waals surface area contributed by atoms with E-state index < -0.39 is 21.7 Å². The Morgan fingerprint density at radius 3 is 0.676 bits per heavy atom. The summed E-state index contributed by atoms with van der Waals surface area (Å²) in [7, 11) is 1.74.